The molecular formula is C14H26N4O2Si. The fraction of sp³-hybridized carbons (Fsp3) is 0.714. The zero-order valence-electron chi connectivity index (χ0n) is 13.5. The Morgan fingerprint density at radius 2 is 2.05 bits per heavy atom. The van der Waals surface area contributed by atoms with Crippen LogP contribution < -0.4 is 11.1 Å². The van der Waals surface area contributed by atoms with Crippen LogP contribution in [0.3, 0.4) is 0 Å². The molecule has 1 aliphatic heterocycles. The topological polar surface area (TPSA) is 93.3 Å². The zero-order valence-corrected chi connectivity index (χ0v) is 14.6. The number of hydrogen-bond acceptors (Lipinski definition) is 6. The summed E-state index contributed by atoms with van der Waals surface area (Å²) in [7, 11) is -1.15. The van der Waals surface area contributed by atoms with Gasteiger partial charge in [0, 0.05) is 12.5 Å². The maximum Gasteiger partial charge on any atom is 0.225 e. The van der Waals surface area contributed by atoms with Crippen molar-refractivity contribution >= 4 is 20.8 Å². The Labute approximate surface area is 127 Å². The highest BCUT2D eigenvalue weighted by atomic mass is 28.3. The molecule has 0 radical (unpaired) electrons. The van der Waals surface area contributed by atoms with Crippen molar-refractivity contribution in [1.29, 1.82) is 0 Å². The number of fused-ring (bicyclic) bond motifs is 1. The predicted octanol–water partition coefficient (Wildman–Crippen LogP) is 1.76. The monoisotopic (exact) mass is 310 g/mol. The number of aromatic hydroxyl groups is 1. The van der Waals surface area contributed by atoms with Gasteiger partial charge < -0.3 is 20.6 Å². The number of nitrogens with one attached hydrogen (secondary N) is 1. The van der Waals surface area contributed by atoms with Crippen LogP contribution in [-0.2, 0) is 10.8 Å². The van der Waals surface area contributed by atoms with Gasteiger partial charge in [0.15, 0.2) is 9.04 Å². The van der Waals surface area contributed by atoms with Gasteiger partial charge in [0.25, 0.3) is 0 Å². The zero-order chi connectivity index (χ0) is 15.8. The summed E-state index contributed by atoms with van der Waals surface area (Å²) in [5.41, 5.74) is 6.36. The molecule has 0 aromatic carbocycles. The first-order chi connectivity index (χ1) is 9.68. The highest BCUT2D eigenvalue weighted by Gasteiger charge is 2.37. The van der Waals surface area contributed by atoms with E-state index in [0.29, 0.717) is 12.2 Å². The van der Waals surface area contributed by atoms with Crippen molar-refractivity contribution < 1.29 is 9.53 Å². The van der Waals surface area contributed by atoms with Crippen LogP contribution in [0.1, 0.15) is 26.3 Å². The van der Waals surface area contributed by atoms with E-state index in [9.17, 15) is 5.11 Å². The molecule has 21 heavy (non-hydrogen) atoms. The number of rotatable bonds is 3. The lowest BCUT2D eigenvalue weighted by Crippen LogP contribution is -2.44. The van der Waals surface area contributed by atoms with E-state index in [-0.39, 0.29) is 29.3 Å². The second-order valence-corrected chi connectivity index (χ2v) is 9.42. The standard InChI is InChI=1S/C14H26N4O2Si/c1-14(2,3)10(20-21(4)5)8-6-9-11(16-7-8)17-13(15)18-12(9)19/h8,10,21H,6-7H2,1-5H3,(H4,15,16,17,18,19). The van der Waals surface area contributed by atoms with Crippen molar-refractivity contribution in [3.8, 4) is 5.88 Å². The van der Waals surface area contributed by atoms with Crippen LogP contribution in [-0.4, -0.2) is 36.8 Å². The summed E-state index contributed by atoms with van der Waals surface area (Å²) in [6.45, 7) is 11.7. The minimum absolute atomic E-state index is 0.0239. The Morgan fingerprint density at radius 1 is 1.38 bits per heavy atom. The predicted molar refractivity (Wildman–Crippen MR) is 87.0 cm³/mol. The van der Waals surface area contributed by atoms with Gasteiger partial charge in [-0.05, 0) is 24.9 Å². The normalized spacial score (nSPS) is 20.0. The van der Waals surface area contributed by atoms with E-state index in [1.54, 1.807) is 0 Å². The Hall–Kier alpha value is -1.34. The molecule has 0 saturated heterocycles. The van der Waals surface area contributed by atoms with Gasteiger partial charge in [-0.1, -0.05) is 20.8 Å². The Morgan fingerprint density at radius 3 is 2.62 bits per heavy atom. The van der Waals surface area contributed by atoms with E-state index in [4.69, 9.17) is 10.2 Å². The van der Waals surface area contributed by atoms with Gasteiger partial charge in [0.05, 0.1) is 11.7 Å². The largest absolute Gasteiger partial charge is 0.493 e. The first-order valence-electron chi connectivity index (χ1n) is 7.43. The summed E-state index contributed by atoms with van der Waals surface area (Å²) in [6, 6.07) is 0. The van der Waals surface area contributed by atoms with Gasteiger partial charge in [-0.2, -0.15) is 9.97 Å². The minimum atomic E-state index is -1.15. The molecule has 1 aliphatic rings. The average molecular weight is 310 g/mol. The Balaban J connectivity index is 2.26. The molecule has 0 spiro atoms. The molecule has 1 aromatic heterocycles. The summed E-state index contributed by atoms with van der Waals surface area (Å²) in [4.78, 5) is 8.01. The third-order valence-electron chi connectivity index (χ3n) is 3.70. The molecule has 0 fully saturated rings. The Bertz CT molecular complexity index is 516. The van der Waals surface area contributed by atoms with Gasteiger partial charge in [0.2, 0.25) is 11.8 Å². The van der Waals surface area contributed by atoms with Crippen LogP contribution in [0.25, 0.3) is 0 Å². The molecule has 0 saturated carbocycles. The van der Waals surface area contributed by atoms with E-state index >= 15 is 0 Å². The van der Waals surface area contributed by atoms with Crippen molar-refractivity contribution in [1.82, 2.24) is 9.97 Å². The number of hydrogen-bond donors (Lipinski definition) is 3. The first kappa shape index (κ1) is 16.0. The third-order valence-corrected chi connectivity index (χ3v) is 4.54. The van der Waals surface area contributed by atoms with Gasteiger partial charge in [-0.25, -0.2) is 0 Å². The SMILES string of the molecule is C[SiH](C)OC(C1CNc2nc(N)nc(O)c2C1)C(C)(C)C. The molecule has 2 atom stereocenters. The van der Waals surface area contributed by atoms with E-state index in [1.807, 2.05) is 0 Å². The van der Waals surface area contributed by atoms with E-state index in [0.717, 1.165) is 12.1 Å². The van der Waals surface area contributed by atoms with Crippen molar-refractivity contribution in [2.45, 2.75) is 46.4 Å². The summed E-state index contributed by atoms with van der Waals surface area (Å²) in [5, 5.41) is 13.3. The average Bonchev–Trinajstić information content (AvgIpc) is 2.34. The number of nitrogens with zero attached hydrogens (tertiary/aromatic N) is 2. The van der Waals surface area contributed by atoms with Crippen LogP contribution >= 0.6 is 0 Å². The van der Waals surface area contributed by atoms with E-state index in [1.165, 1.54) is 0 Å². The smallest absolute Gasteiger partial charge is 0.225 e. The lowest BCUT2D eigenvalue weighted by Gasteiger charge is -2.40. The van der Waals surface area contributed by atoms with Gasteiger partial charge >= 0.3 is 0 Å². The lowest BCUT2D eigenvalue weighted by molar-refractivity contribution is 0.0360. The number of nitrogen functional groups attached to an aromatic ring is 1. The Kier molecular flexibility index (Phi) is 4.43. The minimum Gasteiger partial charge on any atom is -0.493 e. The fourth-order valence-electron chi connectivity index (χ4n) is 2.91. The van der Waals surface area contributed by atoms with Crippen molar-refractivity contribution in [3.05, 3.63) is 5.56 Å². The van der Waals surface area contributed by atoms with Crippen molar-refractivity contribution in [3.63, 3.8) is 0 Å². The van der Waals surface area contributed by atoms with Crippen LogP contribution in [0.15, 0.2) is 0 Å². The molecule has 7 heteroatoms. The molecule has 0 aliphatic carbocycles. The van der Waals surface area contributed by atoms with Crippen molar-refractivity contribution in [2.24, 2.45) is 11.3 Å². The molecule has 1 aromatic rings. The summed E-state index contributed by atoms with van der Waals surface area (Å²) < 4.78 is 6.28. The molecule has 4 N–H and O–H groups in total. The highest BCUT2D eigenvalue weighted by Crippen LogP contribution is 2.37. The first-order valence-corrected chi connectivity index (χ1v) is 10.2. The molecule has 2 rings (SSSR count). The molecular weight excluding hydrogens is 284 g/mol. The quantitative estimate of drug-likeness (QED) is 0.737. The number of anilines is 2. The number of aromatic nitrogens is 2. The van der Waals surface area contributed by atoms with E-state index < -0.39 is 9.04 Å². The maximum atomic E-state index is 10.0. The lowest BCUT2D eigenvalue weighted by atomic mass is 9.78. The van der Waals surface area contributed by atoms with Crippen LogP contribution in [0, 0.1) is 11.3 Å². The second-order valence-electron chi connectivity index (χ2n) is 7.05. The second kappa shape index (κ2) is 5.80. The van der Waals surface area contributed by atoms with Crippen LogP contribution in [0.2, 0.25) is 13.1 Å². The summed E-state index contributed by atoms with van der Waals surface area (Å²) in [5.74, 6) is 0.996. The van der Waals surface area contributed by atoms with Crippen LogP contribution in [0.5, 0.6) is 5.88 Å². The molecule has 0 amide bonds. The summed E-state index contributed by atoms with van der Waals surface area (Å²) >= 11 is 0. The van der Waals surface area contributed by atoms with Crippen LogP contribution in [0.4, 0.5) is 11.8 Å². The van der Waals surface area contributed by atoms with Gasteiger partial charge in [-0.3, -0.25) is 0 Å². The van der Waals surface area contributed by atoms with E-state index in [2.05, 4.69) is 49.1 Å². The molecule has 6 nitrogen and oxygen atoms in total. The van der Waals surface area contributed by atoms with Gasteiger partial charge in [0.1, 0.15) is 5.82 Å². The molecule has 118 valence electrons. The number of nitrogens with two attached hydrogens (primary N) is 1. The molecule has 2 unspecified atom stereocenters. The fourth-order valence-corrected chi connectivity index (χ4v) is 4.13. The van der Waals surface area contributed by atoms with Crippen molar-refractivity contribution in [2.75, 3.05) is 17.6 Å². The molecule has 2 heterocycles. The maximum absolute atomic E-state index is 10.0. The summed E-state index contributed by atoms with van der Waals surface area (Å²) in [6.07, 6.45) is 0.846. The van der Waals surface area contributed by atoms with Gasteiger partial charge in [-0.15, -0.1) is 0 Å². The molecule has 0 bridgehead atoms. The third kappa shape index (κ3) is 3.65. The highest BCUT2D eigenvalue weighted by molar-refractivity contribution is 6.48.